The van der Waals surface area contributed by atoms with Crippen LogP contribution in [0.15, 0.2) is 97.2 Å². The molecule has 1 unspecified atom stereocenters. The molecule has 0 aromatic carbocycles. The Morgan fingerprint density at radius 2 is 0.520 bits per heavy atom. The number of rotatable bonds is 57. The van der Waals surface area contributed by atoms with E-state index in [4.69, 9.17) is 14.2 Å². The second-order valence-electron chi connectivity index (χ2n) is 20.9. The fourth-order valence-corrected chi connectivity index (χ4v) is 8.79. The summed E-state index contributed by atoms with van der Waals surface area (Å²) in [6.07, 6.45) is 84.1. The van der Waals surface area contributed by atoms with Crippen molar-refractivity contribution in [2.24, 2.45) is 0 Å². The molecule has 75 heavy (non-hydrogen) atoms. The van der Waals surface area contributed by atoms with Crippen LogP contribution in [-0.2, 0) is 28.6 Å². The highest BCUT2D eigenvalue weighted by molar-refractivity contribution is 5.71. The average molecular weight is 1040 g/mol. The van der Waals surface area contributed by atoms with Gasteiger partial charge in [0.2, 0.25) is 0 Å². The Bertz CT molecular complexity index is 1480. The summed E-state index contributed by atoms with van der Waals surface area (Å²) < 4.78 is 16.9. The minimum Gasteiger partial charge on any atom is -0.462 e. The number of allylic oxidation sites excluding steroid dienone is 16. The number of carbonyl (C=O) groups excluding carboxylic acids is 3. The molecule has 0 bridgehead atoms. The van der Waals surface area contributed by atoms with Gasteiger partial charge in [-0.2, -0.15) is 0 Å². The Hall–Kier alpha value is -3.67. The Morgan fingerprint density at radius 3 is 0.853 bits per heavy atom. The predicted octanol–water partition coefficient (Wildman–Crippen LogP) is 21.7. The quantitative estimate of drug-likeness (QED) is 0.0261. The second kappa shape index (κ2) is 62.9. The zero-order valence-electron chi connectivity index (χ0n) is 49.3. The molecule has 0 radical (unpaired) electrons. The Morgan fingerprint density at radius 1 is 0.280 bits per heavy atom. The van der Waals surface area contributed by atoms with Crippen LogP contribution in [0.3, 0.4) is 0 Å². The van der Waals surface area contributed by atoms with Crippen molar-refractivity contribution in [1.29, 1.82) is 0 Å². The first-order chi connectivity index (χ1) is 37.0. The van der Waals surface area contributed by atoms with Crippen LogP contribution >= 0.6 is 0 Å². The number of unbranched alkanes of at least 4 members (excludes halogenated alkanes) is 30. The summed E-state index contributed by atoms with van der Waals surface area (Å²) in [4.78, 5) is 38.3. The van der Waals surface area contributed by atoms with E-state index in [-0.39, 0.29) is 31.1 Å². The van der Waals surface area contributed by atoms with Crippen LogP contribution in [0.2, 0.25) is 0 Å². The molecule has 0 rings (SSSR count). The molecule has 6 heteroatoms. The molecule has 0 fully saturated rings. The zero-order valence-corrected chi connectivity index (χ0v) is 49.3. The number of carbonyl (C=O) groups is 3. The highest BCUT2D eigenvalue weighted by Crippen LogP contribution is 2.15. The van der Waals surface area contributed by atoms with Gasteiger partial charge in [-0.3, -0.25) is 14.4 Å². The lowest BCUT2D eigenvalue weighted by molar-refractivity contribution is -0.167. The van der Waals surface area contributed by atoms with Crippen LogP contribution in [0.5, 0.6) is 0 Å². The minimum atomic E-state index is -0.804. The highest BCUT2D eigenvalue weighted by Gasteiger charge is 2.19. The third-order valence-electron chi connectivity index (χ3n) is 13.5. The first-order valence-corrected chi connectivity index (χ1v) is 31.7. The maximum atomic E-state index is 12.9. The predicted molar refractivity (Wildman–Crippen MR) is 325 cm³/mol. The molecule has 0 aromatic rings. The zero-order chi connectivity index (χ0) is 54.3. The van der Waals surface area contributed by atoms with E-state index in [0.717, 1.165) is 103 Å². The van der Waals surface area contributed by atoms with Gasteiger partial charge in [-0.1, -0.05) is 259 Å². The van der Waals surface area contributed by atoms with Crippen molar-refractivity contribution in [3.63, 3.8) is 0 Å². The number of hydrogen-bond donors (Lipinski definition) is 0. The van der Waals surface area contributed by atoms with Crippen LogP contribution in [0.1, 0.15) is 303 Å². The Balaban J connectivity index is 4.43. The van der Waals surface area contributed by atoms with Gasteiger partial charge < -0.3 is 14.2 Å². The van der Waals surface area contributed by atoms with E-state index in [2.05, 4.69) is 118 Å². The monoisotopic (exact) mass is 1040 g/mol. The van der Waals surface area contributed by atoms with Crippen LogP contribution in [-0.4, -0.2) is 37.2 Å². The van der Waals surface area contributed by atoms with E-state index in [0.29, 0.717) is 19.3 Å². The maximum absolute atomic E-state index is 12.9. The third kappa shape index (κ3) is 61.1. The van der Waals surface area contributed by atoms with Gasteiger partial charge in [-0.05, 0) is 122 Å². The molecule has 0 saturated heterocycles. The largest absolute Gasteiger partial charge is 0.462 e. The van der Waals surface area contributed by atoms with Crippen molar-refractivity contribution in [2.45, 2.75) is 309 Å². The van der Waals surface area contributed by atoms with E-state index in [1.54, 1.807) is 0 Å². The van der Waals surface area contributed by atoms with E-state index in [1.165, 1.54) is 161 Å². The van der Waals surface area contributed by atoms with Crippen LogP contribution in [0, 0.1) is 0 Å². The topological polar surface area (TPSA) is 78.9 Å². The van der Waals surface area contributed by atoms with Crippen molar-refractivity contribution >= 4 is 17.9 Å². The molecule has 0 N–H and O–H groups in total. The number of hydrogen-bond acceptors (Lipinski definition) is 6. The van der Waals surface area contributed by atoms with E-state index in [9.17, 15) is 14.4 Å². The molecule has 430 valence electrons. The van der Waals surface area contributed by atoms with Crippen LogP contribution < -0.4 is 0 Å². The Kier molecular flexibility index (Phi) is 59.8. The summed E-state index contributed by atoms with van der Waals surface area (Å²) in [6, 6.07) is 0. The molecule has 1 atom stereocenters. The molecule has 0 aliphatic heterocycles. The van der Waals surface area contributed by atoms with Gasteiger partial charge in [-0.25, -0.2) is 0 Å². The number of esters is 3. The van der Waals surface area contributed by atoms with Gasteiger partial charge in [0.15, 0.2) is 6.10 Å². The first kappa shape index (κ1) is 71.3. The lowest BCUT2D eigenvalue weighted by Gasteiger charge is -2.18. The molecule has 0 aliphatic rings. The van der Waals surface area contributed by atoms with Gasteiger partial charge in [0.25, 0.3) is 0 Å². The smallest absolute Gasteiger partial charge is 0.306 e. The summed E-state index contributed by atoms with van der Waals surface area (Å²) >= 11 is 0. The summed E-state index contributed by atoms with van der Waals surface area (Å²) in [5.74, 6) is -0.946. The van der Waals surface area contributed by atoms with Crippen LogP contribution in [0.25, 0.3) is 0 Å². The fourth-order valence-electron chi connectivity index (χ4n) is 8.79. The molecular weight excluding hydrogens is 925 g/mol. The molecule has 0 heterocycles. The normalized spacial score (nSPS) is 12.7. The SMILES string of the molecule is CC/C=C\C/C=C\C/C=C\C/C=C\CCCCC(=O)OCC(COC(=O)CCCCCCCC/C=C\C/C=C\C/C=C\CCCCCCC)OC(=O)CCCCCCCCCCC/C=C\CCCCCCCCCC. The molecule has 0 saturated carbocycles. The standard InChI is InChI=1S/C69H118O6/c1-4-7-10-13-16-19-22-25-28-30-32-34-36-38-41-44-47-50-53-56-59-62-68(71)74-65-66(64-73-67(70)61-58-55-52-49-46-43-40-27-24-21-18-15-12-9-6-3)75-69(72)63-60-57-54-51-48-45-42-39-37-35-33-31-29-26-23-20-17-14-11-8-5-2/h9,12,18,21-22,25,27,30-33,36,38,40,46,49,66H,4-8,10-11,13-17,19-20,23-24,26,28-29,34-35,37,39,41-45,47-48,50-65H2,1-3H3/b12-9-,21-18-,25-22-,32-30-,33-31-,38-36-,40-27-,49-46-. The van der Waals surface area contributed by atoms with Gasteiger partial charge in [0.05, 0.1) is 0 Å². The van der Waals surface area contributed by atoms with Crippen molar-refractivity contribution in [3.8, 4) is 0 Å². The Labute approximate surface area is 464 Å². The van der Waals surface area contributed by atoms with Crippen molar-refractivity contribution < 1.29 is 28.6 Å². The third-order valence-corrected chi connectivity index (χ3v) is 13.5. The lowest BCUT2D eigenvalue weighted by Crippen LogP contribution is -2.30. The van der Waals surface area contributed by atoms with Gasteiger partial charge in [0, 0.05) is 19.3 Å². The van der Waals surface area contributed by atoms with E-state index < -0.39 is 6.10 Å². The van der Waals surface area contributed by atoms with Crippen LogP contribution in [0.4, 0.5) is 0 Å². The van der Waals surface area contributed by atoms with Gasteiger partial charge in [0.1, 0.15) is 13.2 Å². The average Bonchev–Trinajstić information content (AvgIpc) is 3.41. The fraction of sp³-hybridized carbons (Fsp3) is 0.725. The lowest BCUT2D eigenvalue weighted by atomic mass is 10.1. The minimum absolute atomic E-state index is 0.0983. The van der Waals surface area contributed by atoms with Crippen molar-refractivity contribution in [2.75, 3.05) is 13.2 Å². The summed E-state index contributed by atoms with van der Waals surface area (Å²) in [7, 11) is 0. The molecule has 0 amide bonds. The van der Waals surface area contributed by atoms with Crippen molar-refractivity contribution in [3.05, 3.63) is 97.2 Å². The first-order valence-electron chi connectivity index (χ1n) is 31.7. The highest BCUT2D eigenvalue weighted by atomic mass is 16.6. The second-order valence-corrected chi connectivity index (χ2v) is 20.9. The molecular formula is C69H118O6. The van der Waals surface area contributed by atoms with E-state index in [1.807, 2.05) is 0 Å². The van der Waals surface area contributed by atoms with Gasteiger partial charge in [-0.15, -0.1) is 0 Å². The number of ether oxygens (including phenoxy) is 3. The molecule has 0 spiro atoms. The van der Waals surface area contributed by atoms with E-state index >= 15 is 0 Å². The maximum Gasteiger partial charge on any atom is 0.306 e. The summed E-state index contributed by atoms with van der Waals surface area (Å²) in [6.45, 7) is 6.49. The van der Waals surface area contributed by atoms with Crippen molar-refractivity contribution in [1.82, 2.24) is 0 Å². The molecule has 6 nitrogen and oxygen atoms in total. The molecule has 0 aliphatic carbocycles. The molecule has 0 aromatic heterocycles. The summed E-state index contributed by atoms with van der Waals surface area (Å²) in [5, 5.41) is 0. The van der Waals surface area contributed by atoms with Gasteiger partial charge >= 0.3 is 17.9 Å². The summed E-state index contributed by atoms with van der Waals surface area (Å²) in [5.41, 5.74) is 0.